The van der Waals surface area contributed by atoms with Crippen LogP contribution in [0, 0.1) is 18.8 Å². The maximum absolute atomic E-state index is 12.8. The van der Waals surface area contributed by atoms with Crippen molar-refractivity contribution in [2.45, 2.75) is 25.5 Å². The molecule has 5 nitrogen and oxygen atoms in total. The summed E-state index contributed by atoms with van der Waals surface area (Å²) in [5, 5.41) is 4.84. The van der Waals surface area contributed by atoms with Crippen molar-refractivity contribution in [2.24, 2.45) is 11.8 Å². The van der Waals surface area contributed by atoms with E-state index in [1.54, 1.807) is 7.11 Å². The number of halogens is 1. The Bertz CT molecular complexity index is 788. The molecule has 2 heterocycles. The second kappa shape index (κ2) is 6.06. The zero-order valence-electron chi connectivity index (χ0n) is 13.8. The fraction of sp³-hybridized carbons (Fsp3) is 0.500. The molecule has 0 spiro atoms. The van der Waals surface area contributed by atoms with Gasteiger partial charge in [-0.15, -0.1) is 0 Å². The van der Waals surface area contributed by atoms with Gasteiger partial charge >= 0.3 is 0 Å². The zero-order chi connectivity index (χ0) is 16.8. The first-order chi connectivity index (χ1) is 11.6. The lowest BCUT2D eigenvalue weighted by Gasteiger charge is -2.47. The zero-order valence-corrected chi connectivity index (χ0v) is 14.5. The van der Waals surface area contributed by atoms with Gasteiger partial charge in [0.25, 0.3) is 5.91 Å². The predicted molar refractivity (Wildman–Crippen MR) is 92.5 cm³/mol. The molecule has 4 rings (SSSR count). The molecule has 1 aliphatic heterocycles. The summed E-state index contributed by atoms with van der Waals surface area (Å²) in [6.45, 7) is 3.32. The first-order valence-corrected chi connectivity index (χ1v) is 8.67. The molecule has 2 aliphatic rings. The minimum absolute atomic E-state index is 0.0729. The topological polar surface area (TPSA) is 63.3 Å². The summed E-state index contributed by atoms with van der Waals surface area (Å²) >= 11 is 6.07. The molecular weight excluding hydrogens is 328 g/mol. The minimum Gasteiger partial charge on any atom is -0.384 e. The molecule has 1 aromatic carbocycles. The molecule has 128 valence electrons. The van der Waals surface area contributed by atoms with Gasteiger partial charge < -0.3 is 19.8 Å². The lowest BCUT2D eigenvalue weighted by atomic mass is 9.67. The number of benzene rings is 1. The Morgan fingerprint density at radius 1 is 1.50 bits per heavy atom. The van der Waals surface area contributed by atoms with Gasteiger partial charge in [-0.1, -0.05) is 11.6 Å². The Morgan fingerprint density at radius 3 is 3.12 bits per heavy atom. The van der Waals surface area contributed by atoms with Gasteiger partial charge in [-0.3, -0.25) is 4.79 Å². The van der Waals surface area contributed by atoms with E-state index in [1.165, 1.54) is 0 Å². The highest BCUT2D eigenvalue weighted by Gasteiger charge is 2.54. The first kappa shape index (κ1) is 15.9. The number of aromatic nitrogens is 1. The lowest BCUT2D eigenvalue weighted by Crippen LogP contribution is -2.62. The number of hydrogen-bond acceptors (Lipinski definition) is 3. The van der Waals surface area contributed by atoms with Gasteiger partial charge in [-0.2, -0.15) is 0 Å². The van der Waals surface area contributed by atoms with Crippen LogP contribution in [-0.4, -0.2) is 43.4 Å². The third kappa shape index (κ3) is 2.42. The number of H-pyrrole nitrogens is 1. The summed E-state index contributed by atoms with van der Waals surface area (Å²) in [6, 6.07) is 5.72. The van der Waals surface area contributed by atoms with Crippen LogP contribution >= 0.6 is 11.6 Å². The summed E-state index contributed by atoms with van der Waals surface area (Å²) in [5.41, 5.74) is 2.45. The molecule has 1 aromatic heterocycles. The van der Waals surface area contributed by atoms with Crippen LogP contribution in [0.15, 0.2) is 18.2 Å². The number of aromatic amines is 1. The molecule has 24 heavy (non-hydrogen) atoms. The Morgan fingerprint density at radius 2 is 2.33 bits per heavy atom. The molecule has 4 atom stereocenters. The Hall–Kier alpha value is -1.56. The highest BCUT2D eigenvalue weighted by molar-refractivity contribution is 6.31. The molecule has 1 aliphatic carbocycles. The van der Waals surface area contributed by atoms with E-state index in [-0.39, 0.29) is 24.0 Å². The predicted octanol–water partition coefficient (Wildman–Crippen LogP) is 2.91. The Kier molecular flexibility index (Phi) is 4.03. The lowest BCUT2D eigenvalue weighted by molar-refractivity contribution is -0.0810. The maximum atomic E-state index is 12.8. The third-order valence-electron chi connectivity index (χ3n) is 5.43. The minimum atomic E-state index is -0.0729. The number of methoxy groups -OCH3 is 1. The van der Waals surface area contributed by atoms with Crippen molar-refractivity contribution < 1.29 is 14.3 Å². The first-order valence-electron chi connectivity index (χ1n) is 8.29. The summed E-state index contributed by atoms with van der Waals surface area (Å²) < 4.78 is 11.1. The smallest absolute Gasteiger partial charge is 0.268 e. The van der Waals surface area contributed by atoms with Crippen molar-refractivity contribution in [3.05, 3.63) is 34.5 Å². The standard InChI is InChI=1S/C18H21ClN2O3/c1-9-12-7-10(19)3-4-14(12)20-15(9)18(22)21-16-11-5-6-24-17(11)13(16)8-23-2/h3-4,7,11,13,16-17,20H,5-6,8H2,1-2H3,(H,21,22)/t11-,13-,16-,17-/m0/s1. The number of amides is 1. The number of fused-ring (bicyclic) bond motifs is 2. The highest BCUT2D eigenvalue weighted by Crippen LogP contribution is 2.44. The van der Waals surface area contributed by atoms with E-state index in [2.05, 4.69) is 10.3 Å². The number of rotatable bonds is 4. The van der Waals surface area contributed by atoms with Gasteiger partial charge in [-0.25, -0.2) is 0 Å². The van der Waals surface area contributed by atoms with Crippen molar-refractivity contribution in [3.8, 4) is 0 Å². The Labute approximate surface area is 145 Å². The van der Waals surface area contributed by atoms with Crippen LogP contribution in [-0.2, 0) is 9.47 Å². The van der Waals surface area contributed by atoms with E-state index in [1.807, 2.05) is 25.1 Å². The number of aryl methyl sites for hydroxylation is 1. The number of ether oxygens (including phenoxy) is 2. The molecule has 2 N–H and O–H groups in total. The van der Waals surface area contributed by atoms with E-state index in [0.29, 0.717) is 23.2 Å². The van der Waals surface area contributed by atoms with Crippen LogP contribution in [0.4, 0.5) is 0 Å². The fourth-order valence-electron chi connectivity index (χ4n) is 4.18. The average molecular weight is 349 g/mol. The van der Waals surface area contributed by atoms with Gasteiger partial charge in [0.15, 0.2) is 0 Å². The molecule has 6 heteroatoms. The van der Waals surface area contributed by atoms with Gasteiger partial charge in [0.05, 0.1) is 12.7 Å². The van der Waals surface area contributed by atoms with Crippen LogP contribution in [0.25, 0.3) is 10.9 Å². The summed E-state index contributed by atoms with van der Waals surface area (Å²) in [6.07, 6.45) is 1.22. The van der Waals surface area contributed by atoms with Gasteiger partial charge in [0.1, 0.15) is 5.69 Å². The molecule has 0 radical (unpaired) electrons. The Balaban J connectivity index is 1.57. The molecule has 0 bridgehead atoms. The van der Waals surface area contributed by atoms with E-state index in [4.69, 9.17) is 21.1 Å². The van der Waals surface area contributed by atoms with E-state index >= 15 is 0 Å². The quantitative estimate of drug-likeness (QED) is 0.893. The van der Waals surface area contributed by atoms with Crippen LogP contribution in [0.5, 0.6) is 0 Å². The number of carbonyl (C=O) groups is 1. The van der Waals surface area contributed by atoms with Crippen molar-refractivity contribution in [2.75, 3.05) is 20.3 Å². The SMILES string of the molecule is COC[C@H]1[C@@H](NC(=O)c2[nH]c3ccc(Cl)cc3c2C)[C@@H]2CCO[C@@H]21. The highest BCUT2D eigenvalue weighted by atomic mass is 35.5. The second-order valence-corrected chi connectivity index (χ2v) is 7.16. The van der Waals surface area contributed by atoms with Crippen molar-refractivity contribution >= 4 is 28.4 Å². The van der Waals surface area contributed by atoms with E-state index in [9.17, 15) is 4.79 Å². The maximum Gasteiger partial charge on any atom is 0.268 e. The monoisotopic (exact) mass is 348 g/mol. The third-order valence-corrected chi connectivity index (χ3v) is 5.67. The normalized spacial score (nSPS) is 28.6. The second-order valence-electron chi connectivity index (χ2n) is 6.72. The molecule has 2 fully saturated rings. The fourth-order valence-corrected chi connectivity index (χ4v) is 4.36. The summed E-state index contributed by atoms with van der Waals surface area (Å²) in [4.78, 5) is 16.0. The van der Waals surface area contributed by atoms with Crippen LogP contribution < -0.4 is 5.32 Å². The van der Waals surface area contributed by atoms with Crippen LogP contribution in [0.1, 0.15) is 22.5 Å². The van der Waals surface area contributed by atoms with E-state index < -0.39 is 0 Å². The largest absolute Gasteiger partial charge is 0.384 e. The number of carbonyl (C=O) groups excluding carboxylic acids is 1. The van der Waals surface area contributed by atoms with Crippen molar-refractivity contribution in [1.29, 1.82) is 0 Å². The molecule has 0 unspecified atom stereocenters. The molecule has 1 saturated heterocycles. The van der Waals surface area contributed by atoms with Crippen LogP contribution in [0.3, 0.4) is 0 Å². The van der Waals surface area contributed by atoms with Crippen molar-refractivity contribution in [1.82, 2.24) is 10.3 Å². The van der Waals surface area contributed by atoms with Gasteiger partial charge in [-0.05, 0) is 37.1 Å². The molecular formula is C18H21ClN2O3. The van der Waals surface area contributed by atoms with Gasteiger partial charge in [0, 0.05) is 47.5 Å². The average Bonchev–Trinajstić information content (AvgIpc) is 3.13. The van der Waals surface area contributed by atoms with Crippen LogP contribution in [0.2, 0.25) is 5.02 Å². The van der Waals surface area contributed by atoms with E-state index in [0.717, 1.165) is 29.5 Å². The van der Waals surface area contributed by atoms with Crippen molar-refractivity contribution in [3.63, 3.8) is 0 Å². The number of nitrogens with one attached hydrogen (secondary N) is 2. The molecule has 2 aromatic rings. The summed E-state index contributed by atoms with van der Waals surface area (Å²) in [7, 11) is 1.69. The van der Waals surface area contributed by atoms with Gasteiger partial charge in [0.2, 0.25) is 0 Å². The number of hydrogen-bond donors (Lipinski definition) is 2. The summed E-state index contributed by atoms with van der Waals surface area (Å²) in [5.74, 6) is 0.551. The molecule has 1 amide bonds. The molecule has 1 saturated carbocycles.